The number of anilines is 1. The fourth-order valence-electron chi connectivity index (χ4n) is 2.61. The highest BCUT2D eigenvalue weighted by atomic mass is 32.2. The number of urea groups is 1. The van der Waals surface area contributed by atoms with Crippen LogP contribution >= 0.6 is 0 Å². The standard InChI is InChI=1S/C15H20FN3O3S/c1-15(6-7-15)23(21,22)19-10-8-18(9-11-19)14(20)17-13-4-2-12(16)3-5-13/h2-5H,6-11H2,1H3,(H,17,20). The number of carbonyl (C=O) groups is 1. The third-order valence-electron chi connectivity index (χ3n) is 4.54. The van der Waals surface area contributed by atoms with Gasteiger partial charge in [-0.1, -0.05) is 0 Å². The molecule has 2 aliphatic rings. The molecule has 3 rings (SSSR count). The van der Waals surface area contributed by atoms with Gasteiger partial charge in [-0.25, -0.2) is 17.6 Å². The lowest BCUT2D eigenvalue weighted by atomic mass is 10.3. The first-order valence-electron chi connectivity index (χ1n) is 7.63. The first-order chi connectivity index (χ1) is 10.8. The van der Waals surface area contributed by atoms with Crippen molar-refractivity contribution in [2.24, 2.45) is 0 Å². The molecule has 1 aliphatic carbocycles. The number of nitrogens with one attached hydrogen (secondary N) is 1. The van der Waals surface area contributed by atoms with E-state index in [1.807, 2.05) is 0 Å². The van der Waals surface area contributed by atoms with Gasteiger partial charge in [-0.2, -0.15) is 4.31 Å². The lowest BCUT2D eigenvalue weighted by Crippen LogP contribution is -2.53. The van der Waals surface area contributed by atoms with E-state index in [-0.39, 0.29) is 11.8 Å². The largest absolute Gasteiger partial charge is 0.322 e. The number of hydrogen-bond acceptors (Lipinski definition) is 3. The lowest BCUT2D eigenvalue weighted by Gasteiger charge is -2.35. The number of carbonyl (C=O) groups excluding carboxylic acids is 1. The number of benzene rings is 1. The molecule has 0 unspecified atom stereocenters. The summed E-state index contributed by atoms with van der Waals surface area (Å²) in [7, 11) is -3.27. The fraction of sp³-hybridized carbons (Fsp3) is 0.533. The monoisotopic (exact) mass is 341 g/mol. The second-order valence-electron chi connectivity index (χ2n) is 6.28. The zero-order valence-corrected chi connectivity index (χ0v) is 13.8. The van der Waals surface area contributed by atoms with Crippen molar-refractivity contribution < 1.29 is 17.6 Å². The van der Waals surface area contributed by atoms with Crippen molar-refractivity contribution in [3.05, 3.63) is 30.1 Å². The third kappa shape index (κ3) is 3.18. The molecule has 1 saturated carbocycles. The van der Waals surface area contributed by atoms with E-state index in [0.717, 1.165) is 0 Å². The molecule has 0 spiro atoms. The van der Waals surface area contributed by atoms with Crippen LogP contribution in [0.4, 0.5) is 14.9 Å². The van der Waals surface area contributed by atoms with Crippen LogP contribution < -0.4 is 5.32 Å². The van der Waals surface area contributed by atoms with Crippen molar-refractivity contribution in [2.75, 3.05) is 31.5 Å². The number of hydrogen-bond donors (Lipinski definition) is 1. The number of amides is 2. The molecule has 0 bridgehead atoms. The number of piperazine rings is 1. The van der Waals surface area contributed by atoms with E-state index in [9.17, 15) is 17.6 Å². The Bertz CT molecular complexity index is 693. The molecule has 8 heteroatoms. The Balaban J connectivity index is 1.56. The maximum Gasteiger partial charge on any atom is 0.321 e. The highest BCUT2D eigenvalue weighted by molar-refractivity contribution is 7.90. The smallest absolute Gasteiger partial charge is 0.321 e. The maximum atomic E-state index is 12.8. The van der Waals surface area contributed by atoms with Crippen LogP contribution in [0, 0.1) is 5.82 Å². The van der Waals surface area contributed by atoms with Gasteiger partial charge in [0, 0.05) is 31.9 Å². The third-order valence-corrected chi connectivity index (χ3v) is 7.24. The molecule has 6 nitrogen and oxygen atoms in total. The predicted octanol–water partition coefficient (Wildman–Crippen LogP) is 1.86. The lowest BCUT2D eigenvalue weighted by molar-refractivity contribution is 0.184. The van der Waals surface area contributed by atoms with Gasteiger partial charge in [-0.3, -0.25) is 0 Å². The highest BCUT2D eigenvalue weighted by Crippen LogP contribution is 2.44. The molecule has 2 amide bonds. The number of rotatable bonds is 3. The fourth-order valence-corrected chi connectivity index (χ4v) is 4.50. The quantitative estimate of drug-likeness (QED) is 0.912. The highest BCUT2D eigenvalue weighted by Gasteiger charge is 2.53. The van der Waals surface area contributed by atoms with Gasteiger partial charge >= 0.3 is 6.03 Å². The zero-order chi connectivity index (χ0) is 16.7. The normalized spacial score (nSPS) is 21.0. The summed E-state index contributed by atoms with van der Waals surface area (Å²) in [5, 5.41) is 2.69. The Hall–Kier alpha value is -1.67. The molecule has 0 atom stereocenters. The van der Waals surface area contributed by atoms with Crippen LogP contribution in [-0.2, 0) is 10.0 Å². The summed E-state index contributed by atoms with van der Waals surface area (Å²) in [6, 6.07) is 5.22. The first-order valence-corrected chi connectivity index (χ1v) is 9.07. The summed E-state index contributed by atoms with van der Waals surface area (Å²) in [5.74, 6) is -0.365. The Morgan fingerprint density at radius 2 is 1.70 bits per heavy atom. The SMILES string of the molecule is CC1(S(=O)(=O)N2CCN(C(=O)Nc3ccc(F)cc3)CC2)CC1. The van der Waals surface area contributed by atoms with E-state index in [2.05, 4.69) is 5.32 Å². The minimum absolute atomic E-state index is 0.300. The summed E-state index contributed by atoms with van der Waals surface area (Å²) in [6.45, 7) is 3.10. The van der Waals surface area contributed by atoms with Gasteiger partial charge < -0.3 is 10.2 Å². The van der Waals surface area contributed by atoms with Gasteiger partial charge in [0.15, 0.2) is 0 Å². The van der Waals surface area contributed by atoms with Crippen molar-refractivity contribution >= 4 is 21.7 Å². The van der Waals surface area contributed by atoms with E-state index in [0.29, 0.717) is 44.7 Å². The summed E-state index contributed by atoms with van der Waals surface area (Å²) in [5.41, 5.74) is 0.511. The Morgan fingerprint density at radius 1 is 1.13 bits per heavy atom. The minimum atomic E-state index is -3.27. The predicted molar refractivity (Wildman–Crippen MR) is 85.1 cm³/mol. The molecule has 0 radical (unpaired) electrons. The average Bonchev–Trinajstić information content (AvgIpc) is 3.29. The van der Waals surface area contributed by atoms with Gasteiger partial charge in [0.1, 0.15) is 5.82 Å². The Labute approximate surface area is 135 Å². The van der Waals surface area contributed by atoms with Crippen LogP contribution in [0.5, 0.6) is 0 Å². The molecular weight excluding hydrogens is 321 g/mol. The molecule has 2 fully saturated rings. The van der Waals surface area contributed by atoms with Crippen LogP contribution in [-0.4, -0.2) is 54.6 Å². The topological polar surface area (TPSA) is 69.7 Å². The summed E-state index contributed by atoms with van der Waals surface area (Å²) in [6.07, 6.45) is 1.42. The van der Waals surface area contributed by atoms with E-state index in [1.54, 1.807) is 11.8 Å². The zero-order valence-electron chi connectivity index (χ0n) is 13.0. The molecule has 1 saturated heterocycles. The molecule has 0 aromatic heterocycles. The van der Waals surface area contributed by atoms with E-state index >= 15 is 0 Å². The van der Waals surface area contributed by atoms with Crippen LogP contribution in [0.2, 0.25) is 0 Å². The molecule has 1 heterocycles. The number of nitrogens with zero attached hydrogens (tertiary/aromatic N) is 2. The van der Waals surface area contributed by atoms with Crippen LogP contribution in [0.1, 0.15) is 19.8 Å². The molecule has 126 valence electrons. The van der Waals surface area contributed by atoms with Crippen LogP contribution in [0.25, 0.3) is 0 Å². The molecule has 23 heavy (non-hydrogen) atoms. The number of sulfonamides is 1. The molecular formula is C15H20FN3O3S. The van der Waals surface area contributed by atoms with Crippen LogP contribution in [0.15, 0.2) is 24.3 Å². The van der Waals surface area contributed by atoms with Crippen LogP contribution in [0.3, 0.4) is 0 Å². The van der Waals surface area contributed by atoms with Gasteiger partial charge in [-0.15, -0.1) is 0 Å². The van der Waals surface area contributed by atoms with Gasteiger partial charge in [-0.05, 0) is 44.0 Å². The molecule has 1 N–H and O–H groups in total. The van der Waals surface area contributed by atoms with Gasteiger partial charge in [0.25, 0.3) is 0 Å². The molecule has 1 aromatic rings. The summed E-state index contributed by atoms with van der Waals surface area (Å²) >= 11 is 0. The molecule has 1 aromatic carbocycles. The summed E-state index contributed by atoms with van der Waals surface area (Å²) < 4.78 is 38.6. The van der Waals surface area contributed by atoms with Crippen molar-refractivity contribution in [3.63, 3.8) is 0 Å². The Morgan fingerprint density at radius 3 is 2.22 bits per heavy atom. The van der Waals surface area contributed by atoms with Gasteiger partial charge in [0.05, 0.1) is 4.75 Å². The first kappa shape index (κ1) is 16.2. The van der Waals surface area contributed by atoms with E-state index < -0.39 is 14.8 Å². The van der Waals surface area contributed by atoms with E-state index in [1.165, 1.54) is 28.6 Å². The van der Waals surface area contributed by atoms with Crippen molar-refractivity contribution in [3.8, 4) is 0 Å². The minimum Gasteiger partial charge on any atom is -0.322 e. The Kier molecular flexibility index (Phi) is 4.05. The van der Waals surface area contributed by atoms with Crippen molar-refractivity contribution in [2.45, 2.75) is 24.5 Å². The number of halogens is 1. The maximum absolute atomic E-state index is 12.8. The van der Waals surface area contributed by atoms with Crippen molar-refractivity contribution in [1.29, 1.82) is 0 Å². The second-order valence-corrected chi connectivity index (χ2v) is 8.73. The van der Waals surface area contributed by atoms with E-state index in [4.69, 9.17) is 0 Å². The van der Waals surface area contributed by atoms with Gasteiger partial charge in [0.2, 0.25) is 10.0 Å². The summed E-state index contributed by atoms with van der Waals surface area (Å²) in [4.78, 5) is 13.7. The van der Waals surface area contributed by atoms with Crippen molar-refractivity contribution in [1.82, 2.24) is 9.21 Å². The molecule has 1 aliphatic heterocycles. The second kappa shape index (κ2) is 5.76. The average molecular weight is 341 g/mol.